The quantitative estimate of drug-likeness (QED) is 0.901. The van der Waals surface area contributed by atoms with Crippen molar-refractivity contribution in [2.45, 2.75) is 11.8 Å². The molecule has 0 amide bonds. The Balaban J connectivity index is 2.41. The van der Waals surface area contributed by atoms with Gasteiger partial charge in [0.25, 0.3) is 10.0 Å². The van der Waals surface area contributed by atoms with Crippen LogP contribution in [0.2, 0.25) is 0 Å². The van der Waals surface area contributed by atoms with E-state index >= 15 is 0 Å². The lowest BCUT2D eigenvalue weighted by Crippen LogP contribution is -2.19. The van der Waals surface area contributed by atoms with Gasteiger partial charge in [0.15, 0.2) is 5.82 Å². The second-order valence-corrected chi connectivity index (χ2v) is 6.59. The number of benzene rings is 1. The highest BCUT2D eigenvalue weighted by Crippen LogP contribution is 2.25. The van der Waals surface area contributed by atoms with E-state index in [2.05, 4.69) is 14.7 Å². The van der Waals surface area contributed by atoms with Gasteiger partial charge in [-0.2, -0.15) is 4.98 Å². The monoisotopic (exact) mass is 322 g/mol. The molecule has 22 heavy (non-hydrogen) atoms. The van der Waals surface area contributed by atoms with E-state index in [4.69, 9.17) is 4.74 Å². The van der Waals surface area contributed by atoms with E-state index < -0.39 is 10.0 Å². The molecule has 0 unspecified atom stereocenters. The van der Waals surface area contributed by atoms with Gasteiger partial charge in [-0.1, -0.05) is 12.1 Å². The Labute approximate surface area is 130 Å². The third kappa shape index (κ3) is 3.45. The molecule has 1 aromatic heterocycles. The fourth-order valence-corrected chi connectivity index (χ4v) is 3.00. The van der Waals surface area contributed by atoms with Crippen LogP contribution >= 0.6 is 0 Å². The second kappa shape index (κ2) is 6.18. The lowest BCUT2D eigenvalue weighted by Gasteiger charge is -2.17. The van der Waals surface area contributed by atoms with E-state index in [0.717, 1.165) is 5.56 Å². The van der Waals surface area contributed by atoms with Crippen LogP contribution in [-0.4, -0.2) is 39.6 Å². The van der Waals surface area contributed by atoms with Crippen LogP contribution in [0, 0.1) is 6.92 Å². The first-order valence-electron chi connectivity index (χ1n) is 6.51. The van der Waals surface area contributed by atoms with Crippen LogP contribution in [-0.2, 0) is 10.0 Å². The molecule has 0 saturated carbocycles. The third-order valence-electron chi connectivity index (χ3n) is 2.90. The fourth-order valence-electron chi connectivity index (χ4n) is 1.85. The second-order valence-electron chi connectivity index (χ2n) is 4.91. The van der Waals surface area contributed by atoms with Crippen molar-refractivity contribution in [3.8, 4) is 6.01 Å². The highest BCUT2D eigenvalue weighted by atomic mass is 32.2. The summed E-state index contributed by atoms with van der Waals surface area (Å²) in [5.74, 6) is 0.420. The topological polar surface area (TPSA) is 84.4 Å². The number of aryl methyl sites for hydroxylation is 1. The smallest absolute Gasteiger partial charge is 0.318 e. The molecule has 0 fully saturated rings. The number of hydrogen-bond donors (Lipinski definition) is 1. The first kappa shape index (κ1) is 16.0. The normalized spacial score (nSPS) is 11.1. The van der Waals surface area contributed by atoms with Crippen LogP contribution in [0.3, 0.4) is 0 Å². The minimum absolute atomic E-state index is 0.169. The number of sulfonamides is 1. The zero-order valence-electron chi connectivity index (χ0n) is 12.9. The number of rotatable bonds is 5. The van der Waals surface area contributed by atoms with E-state index in [-0.39, 0.29) is 16.6 Å². The summed E-state index contributed by atoms with van der Waals surface area (Å²) < 4.78 is 32.4. The summed E-state index contributed by atoms with van der Waals surface area (Å²) in [6.45, 7) is 1.83. The maximum absolute atomic E-state index is 12.5. The van der Waals surface area contributed by atoms with Gasteiger partial charge >= 0.3 is 6.01 Å². The Morgan fingerprint density at radius 3 is 2.59 bits per heavy atom. The summed E-state index contributed by atoms with van der Waals surface area (Å²) in [5, 5.41) is 0. The first-order valence-corrected chi connectivity index (χ1v) is 7.99. The van der Waals surface area contributed by atoms with Gasteiger partial charge in [-0.05, 0) is 24.6 Å². The Morgan fingerprint density at radius 2 is 2.00 bits per heavy atom. The summed E-state index contributed by atoms with van der Waals surface area (Å²) >= 11 is 0. The van der Waals surface area contributed by atoms with Crippen LogP contribution in [0.15, 0.2) is 35.4 Å². The Bertz CT molecular complexity index is 775. The average molecular weight is 322 g/mol. The van der Waals surface area contributed by atoms with Gasteiger partial charge in [-0.25, -0.2) is 13.4 Å². The van der Waals surface area contributed by atoms with Crippen molar-refractivity contribution in [3.63, 3.8) is 0 Å². The van der Waals surface area contributed by atoms with E-state index in [1.54, 1.807) is 31.1 Å². The molecular formula is C14H18N4O3S. The van der Waals surface area contributed by atoms with Crippen LogP contribution in [0.5, 0.6) is 6.01 Å². The first-order chi connectivity index (χ1) is 10.3. The van der Waals surface area contributed by atoms with Gasteiger partial charge in [0.1, 0.15) is 5.69 Å². The van der Waals surface area contributed by atoms with E-state index in [1.165, 1.54) is 19.4 Å². The Morgan fingerprint density at radius 1 is 1.27 bits per heavy atom. The maximum atomic E-state index is 12.5. The molecular weight excluding hydrogens is 304 g/mol. The molecule has 2 aromatic rings. The molecule has 0 bridgehead atoms. The molecule has 0 spiro atoms. The number of nitrogens with zero attached hydrogens (tertiary/aromatic N) is 3. The van der Waals surface area contributed by atoms with Crippen LogP contribution < -0.4 is 14.4 Å². The van der Waals surface area contributed by atoms with Crippen molar-refractivity contribution in [2.75, 3.05) is 30.8 Å². The lowest BCUT2D eigenvalue weighted by molar-refractivity contribution is 0.380. The molecule has 118 valence electrons. The summed E-state index contributed by atoms with van der Waals surface area (Å²) in [6.07, 6.45) is 1.38. The average Bonchev–Trinajstić information content (AvgIpc) is 2.47. The van der Waals surface area contributed by atoms with Gasteiger partial charge in [-0.3, -0.25) is 4.72 Å². The fraction of sp³-hybridized carbons (Fsp3) is 0.286. The van der Waals surface area contributed by atoms with Gasteiger partial charge in [-0.15, -0.1) is 0 Å². The molecule has 1 aromatic carbocycles. The van der Waals surface area contributed by atoms with E-state index in [9.17, 15) is 8.42 Å². The van der Waals surface area contributed by atoms with Crippen LogP contribution in [0.25, 0.3) is 0 Å². The van der Waals surface area contributed by atoms with Crippen molar-refractivity contribution >= 4 is 21.5 Å². The summed E-state index contributed by atoms with van der Waals surface area (Å²) in [5.41, 5.74) is 1.15. The Hall–Kier alpha value is -2.35. The number of hydrogen-bond acceptors (Lipinski definition) is 6. The van der Waals surface area contributed by atoms with Crippen molar-refractivity contribution < 1.29 is 13.2 Å². The van der Waals surface area contributed by atoms with Crippen molar-refractivity contribution in [3.05, 3.63) is 36.0 Å². The van der Waals surface area contributed by atoms with Crippen LogP contribution in [0.1, 0.15) is 5.56 Å². The molecule has 1 N–H and O–H groups in total. The summed E-state index contributed by atoms with van der Waals surface area (Å²) in [7, 11) is 1.25. The predicted molar refractivity (Wildman–Crippen MR) is 84.9 cm³/mol. The number of ether oxygens (including phenoxy) is 1. The zero-order valence-corrected chi connectivity index (χ0v) is 13.7. The van der Waals surface area contributed by atoms with Gasteiger partial charge in [0, 0.05) is 14.1 Å². The molecule has 0 aliphatic heterocycles. The zero-order chi connectivity index (χ0) is 16.3. The maximum Gasteiger partial charge on any atom is 0.318 e. The molecule has 0 radical (unpaired) electrons. The number of nitrogens with one attached hydrogen (secondary N) is 1. The molecule has 1 heterocycles. The highest BCUT2D eigenvalue weighted by Gasteiger charge is 2.18. The summed E-state index contributed by atoms with van der Waals surface area (Å²) in [4.78, 5) is 9.97. The largest absolute Gasteiger partial charge is 0.467 e. The van der Waals surface area contributed by atoms with Crippen LogP contribution in [0.4, 0.5) is 11.5 Å². The number of aromatic nitrogens is 2. The van der Waals surface area contributed by atoms with Crippen molar-refractivity contribution in [1.29, 1.82) is 0 Å². The molecule has 2 rings (SSSR count). The minimum atomic E-state index is -3.71. The van der Waals surface area contributed by atoms with Crippen molar-refractivity contribution in [2.24, 2.45) is 0 Å². The Kier molecular flexibility index (Phi) is 4.51. The van der Waals surface area contributed by atoms with Gasteiger partial charge in [0.05, 0.1) is 18.2 Å². The van der Waals surface area contributed by atoms with Gasteiger partial charge in [0.2, 0.25) is 0 Å². The minimum Gasteiger partial charge on any atom is -0.467 e. The molecule has 0 aliphatic rings. The third-order valence-corrected chi connectivity index (χ3v) is 4.26. The standard InChI is InChI=1S/C14H18N4O3S/c1-10-6-5-7-11(8-10)22(19,20)17-12-9-15-14(21-4)16-13(12)18(2)3/h5-9,17H,1-4H3. The number of methoxy groups -OCH3 is 1. The molecule has 0 aliphatic carbocycles. The molecule has 0 saturated heterocycles. The molecule has 8 heteroatoms. The van der Waals surface area contributed by atoms with E-state index in [0.29, 0.717) is 5.82 Å². The summed E-state index contributed by atoms with van der Waals surface area (Å²) in [6, 6.07) is 6.83. The van der Waals surface area contributed by atoms with Gasteiger partial charge < -0.3 is 9.64 Å². The number of anilines is 2. The SMILES string of the molecule is COc1ncc(NS(=O)(=O)c2cccc(C)c2)c(N(C)C)n1. The molecule has 0 atom stereocenters. The van der Waals surface area contributed by atoms with Crippen molar-refractivity contribution in [1.82, 2.24) is 9.97 Å². The molecule has 7 nitrogen and oxygen atoms in total. The lowest BCUT2D eigenvalue weighted by atomic mass is 10.2. The predicted octanol–water partition coefficient (Wildman–Crippen LogP) is 1.66. The highest BCUT2D eigenvalue weighted by molar-refractivity contribution is 7.92. The van der Waals surface area contributed by atoms with E-state index in [1.807, 2.05) is 13.0 Å².